The molecular formula is C21H27N5. The highest BCUT2D eigenvalue weighted by molar-refractivity contribution is 5.52. The fourth-order valence-electron chi connectivity index (χ4n) is 3.00. The molecule has 0 bridgehead atoms. The van der Waals surface area contributed by atoms with Crippen molar-refractivity contribution in [2.75, 3.05) is 0 Å². The molecule has 0 aromatic carbocycles. The maximum absolute atomic E-state index is 4.80. The Labute approximate surface area is 155 Å². The second kappa shape index (κ2) is 8.70. The van der Waals surface area contributed by atoms with Crippen molar-refractivity contribution in [3.63, 3.8) is 0 Å². The number of pyridine rings is 2. The zero-order valence-electron chi connectivity index (χ0n) is 15.8. The predicted octanol–water partition coefficient (Wildman–Crippen LogP) is 4.20. The Morgan fingerprint density at radius 1 is 1.00 bits per heavy atom. The van der Waals surface area contributed by atoms with Crippen LogP contribution in [0.4, 0.5) is 0 Å². The Morgan fingerprint density at radius 2 is 1.88 bits per heavy atom. The molecule has 3 aromatic rings. The van der Waals surface area contributed by atoms with E-state index in [1.54, 1.807) is 0 Å². The topological polar surface area (TPSA) is 56.5 Å². The average Bonchev–Trinajstić information content (AvgIpc) is 3.10. The first-order valence-electron chi connectivity index (χ1n) is 9.35. The van der Waals surface area contributed by atoms with Gasteiger partial charge < -0.3 is 0 Å². The van der Waals surface area contributed by atoms with Gasteiger partial charge in [0.2, 0.25) is 0 Å². The fraction of sp³-hybridized carbons (Fsp3) is 0.429. The number of aryl methyl sites for hydroxylation is 1. The molecule has 0 amide bonds. The number of hydrogen-bond donors (Lipinski definition) is 0. The molecule has 3 rings (SSSR count). The first-order chi connectivity index (χ1) is 12.6. The van der Waals surface area contributed by atoms with E-state index in [-0.39, 0.29) is 0 Å². The summed E-state index contributed by atoms with van der Waals surface area (Å²) in [5, 5.41) is 8.53. The molecule has 0 saturated carbocycles. The van der Waals surface area contributed by atoms with Gasteiger partial charge in [0.05, 0.1) is 11.9 Å². The molecule has 1 unspecified atom stereocenters. The third-order valence-electron chi connectivity index (χ3n) is 4.41. The van der Waals surface area contributed by atoms with Gasteiger partial charge in [-0.15, -0.1) is 5.10 Å². The van der Waals surface area contributed by atoms with E-state index in [1.165, 1.54) is 5.56 Å². The highest BCUT2D eigenvalue weighted by Gasteiger charge is 2.10. The highest BCUT2D eigenvalue weighted by atomic mass is 15.4. The molecule has 0 radical (unpaired) electrons. The molecule has 5 heteroatoms. The molecule has 0 saturated heterocycles. The molecule has 0 fully saturated rings. The predicted molar refractivity (Wildman–Crippen MR) is 104 cm³/mol. The minimum Gasteiger partial charge on any atom is -0.264 e. The van der Waals surface area contributed by atoms with E-state index >= 15 is 0 Å². The van der Waals surface area contributed by atoms with Crippen LogP contribution in [0.15, 0.2) is 48.9 Å². The lowest BCUT2D eigenvalue weighted by Crippen LogP contribution is -2.06. The van der Waals surface area contributed by atoms with Gasteiger partial charge in [0.1, 0.15) is 5.69 Å². The minimum absolute atomic E-state index is 0.503. The van der Waals surface area contributed by atoms with Gasteiger partial charge in [0, 0.05) is 24.6 Å². The Kier molecular flexibility index (Phi) is 6.10. The largest absolute Gasteiger partial charge is 0.264 e. The number of hydrogen-bond acceptors (Lipinski definition) is 4. The molecule has 0 aliphatic rings. The summed E-state index contributed by atoms with van der Waals surface area (Å²) in [6.07, 6.45) is 8.79. The van der Waals surface area contributed by atoms with E-state index < -0.39 is 0 Å². The molecule has 0 N–H and O–H groups in total. The molecule has 3 aromatic heterocycles. The van der Waals surface area contributed by atoms with Gasteiger partial charge in [0.15, 0.2) is 0 Å². The second-order valence-electron chi connectivity index (χ2n) is 7.44. The summed E-state index contributed by atoms with van der Waals surface area (Å²) in [7, 11) is 0. The molecule has 3 heterocycles. The van der Waals surface area contributed by atoms with E-state index in [4.69, 9.17) is 4.98 Å². The van der Waals surface area contributed by atoms with Crippen molar-refractivity contribution in [2.24, 2.45) is 11.8 Å². The smallest absolute Gasteiger partial charge is 0.131 e. The first-order valence-corrected chi connectivity index (χ1v) is 9.35. The number of nitrogens with zero attached hydrogens (tertiary/aromatic N) is 5. The van der Waals surface area contributed by atoms with Crippen molar-refractivity contribution in [3.05, 3.63) is 60.2 Å². The summed E-state index contributed by atoms with van der Waals surface area (Å²) in [6, 6.07) is 10.3. The van der Waals surface area contributed by atoms with Gasteiger partial charge >= 0.3 is 0 Å². The van der Waals surface area contributed by atoms with Gasteiger partial charge in [-0.2, -0.15) is 0 Å². The summed E-state index contributed by atoms with van der Waals surface area (Å²) >= 11 is 0. The Bertz CT molecular complexity index is 810. The van der Waals surface area contributed by atoms with Crippen molar-refractivity contribution >= 4 is 0 Å². The van der Waals surface area contributed by atoms with Gasteiger partial charge in [-0.25, -0.2) is 0 Å². The molecular weight excluding hydrogens is 322 g/mol. The first kappa shape index (κ1) is 18.2. The van der Waals surface area contributed by atoms with E-state index in [1.807, 2.05) is 35.4 Å². The monoisotopic (exact) mass is 349 g/mol. The number of aromatic nitrogens is 5. The Morgan fingerprint density at radius 3 is 2.65 bits per heavy atom. The zero-order chi connectivity index (χ0) is 18.4. The van der Waals surface area contributed by atoms with Gasteiger partial charge in [0.25, 0.3) is 0 Å². The molecule has 26 heavy (non-hydrogen) atoms. The highest BCUT2D eigenvalue weighted by Crippen LogP contribution is 2.17. The summed E-state index contributed by atoms with van der Waals surface area (Å²) < 4.78 is 1.91. The zero-order valence-corrected chi connectivity index (χ0v) is 15.8. The SMILES string of the molecule is CC(C)CCn1cc(-c2cccc(CC(C)Cc3cccnc3)n2)nn1. The summed E-state index contributed by atoms with van der Waals surface area (Å²) in [4.78, 5) is 9.00. The minimum atomic E-state index is 0.503. The maximum atomic E-state index is 4.80. The lowest BCUT2D eigenvalue weighted by molar-refractivity contribution is 0.478. The van der Waals surface area contributed by atoms with Crippen molar-refractivity contribution in [1.82, 2.24) is 25.0 Å². The molecule has 136 valence electrons. The van der Waals surface area contributed by atoms with Crippen molar-refractivity contribution in [1.29, 1.82) is 0 Å². The summed E-state index contributed by atoms with van der Waals surface area (Å²) in [6.45, 7) is 7.58. The standard InChI is InChI=1S/C21H27N5/c1-16(2)9-11-26-15-21(24-25-26)20-8-4-7-19(23-20)13-17(3)12-18-6-5-10-22-14-18/h4-8,10,14-17H,9,11-13H2,1-3H3. The third-order valence-corrected chi connectivity index (χ3v) is 4.41. The summed E-state index contributed by atoms with van der Waals surface area (Å²) in [5.41, 5.74) is 4.10. The van der Waals surface area contributed by atoms with Crippen LogP contribution in [0.2, 0.25) is 0 Å². The van der Waals surface area contributed by atoms with Gasteiger partial charge in [-0.1, -0.05) is 38.1 Å². The van der Waals surface area contributed by atoms with Crippen molar-refractivity contribution in [2.45, 2.75) is 46.6 Å². The molecule has 5 nitrogen and oxygen atoms in total. The van der Waals surface area contributed by atoms with Crippen LogP contribution in [0.5, 0.6) is 0 Å². The van der Waals surface area contributed by atoms with E-state index in [2.05, 4.69) is 54.3 Å². The maximum Gasteiger partial charge on any atom is 0.131 e. The Balaban J connectivity index is 1.64. The average molecular weight is 349 g/mol. The second-order valence-corrected chi connectivity index (χ2v) is 7.44. The van der Waals surface area contributed by atoms with E-state index in [0.717, 1.165) is 42.9 Å². The van der Waals surface area contributed by atoms with Gasteiger partial charge in [-0.05, 0) is 54.9 Å². The van der Waals surface area contributed by atoms with Gasteiger partial charge in [-0.3, -0.25) is 14.6 Å². The van der Waals surface area contributed by atoms with Crippen LogP contribution < -0.4 is 0 Å². The third kappa shape index (κ3) is 5.22. The quantitative estimate of drug-likeness (QED) is 0.611. The van der Waals surface area contributed by atoms with Crippen LogP contribution in [0.25, 0.3) is 11.4 Å². The van der Waals surface area contributed by atoms with Crippen LogP contribution in [-0.4, -0.2) is 25.0 Å². The molecule has 0 aliphatic carbocycles. The van der Waals surface area contributed by atoms with Crippen LogP contribution in [0.3, 0.4) is 0 Å². The van der Waals surface area contributed by atoms with Crippen molar-refractivity contribution < 1.29 is 0 Å². The normalized spacial score (nSPS) is 12.5. The van der Waals surface area contributed by atoms with Crippen LogP contribution in [-0.2, 0) is 19.4 Å². The lowest BCUT2D eigenvalue weighted by atomic mass is 9.97. The van der Waals surface area contributed by atoms with Crippen LogP contribution in [0.1, 0.15) is 38.4 Å². The Hall–Kier alpha value is -2.56. The van der Waals surface area contributed by atoms with Crippen LogP contribution in [0, 0.1) is 11.8 Å². The van der Waals surface area contributed by atoms with Crippen molar-refractivity contribution in [3.8, 4) is 11.4 Å². The molecule has 0 aliphatic heterocycles. The summed E-state index contributed by atoms with van der Waals surface area (Å²) in [5.74, 6) is 1.16. The lowest BCUT2D eigenvalue weighted by Gasteiger charge is -2.11. The van der Waals surface area contributed by atoms with E-state index in [9.17, 15) is 0 Å². The fourth-order valence-corrected chi connectivity index (χ4v) is 3.00. The van der Waals surface area contributed by atoms with Crippen LogP contribution >= 0.6 is 0 Å². The molecule has 1 atom stereocenters. The van der Waals surface area contributed by atoms with E-state index in [0.29, 0.717) is 11.8 Å². The number of rotatable bonds is 8. The molecule has 0 spiro atoms.